The lowest BCUT2D eigenvalue weighted by Crippen LogP contribution is -2.45. The number of piperidine rings is 1. The van der Waals surface area contributed by atoms with E-state index in [9.17, 15) is 0 Å². The Bertz CT molecular complexity index is 818. The van der Waals surface area contributed by atoms with Crippen molar-refractivity contribution in [1.82, 2.24) is 15.5 Å². The van der Waals surface area contributed by atoms with Gasteiger partial charge < -0.3 is 20.1 Å². The first-order valence-corrected chi connectivity index (χ1v) is 11.8. The number of ether oxygens (including phenoxy) is 2. The Hall–Kier alpha value is -1.52. The fourth-order valence-corrected chi connectivity index (χ4v) is 4.75. The molecule has 8 heteroatoms. The van der Waals surface area contributed by atoms with E-state index in [0.29, 0.717) is 19.1 Å². The largest absolute Gasteiger partial charge is 0.486 e. The van der Waals surface area contributed by atoms with E-state index in [1.165, 1.54) is 24.3 Å². The van der Waals surface area contributed by atoms with E-state index in [0.717, 1.165) is 43.6 Å². The van der Waals surface area contributed by atoms with Gasteiger partial charge in [0.15, 0.2) is 17.5 Å². The summed E-state index contributed by atoms with van der Waals surface area (Å²) in [5, 5.41) is 8.95. The Balaban J connectivity index is 0.00000272. The highest BCUT2D eigenvalue weighted by molar-refractivity contribution is 14.0. The lowest BCUT2D eigenvalue weighted by molar-refractivity contribution is 0.0936. The van der Waals surface area contributed by atoms with Crippen LogP contribution in [0.1, 0.15) is 24.6 Å². The van der Waals surface area contributed by atoms with Crippen molar-refractivity contribution in [1.29, 1.82) is 0 Å². The van der Waals surface area contributed by atoms with Gasteiger partial charge in [0.25, 0.3) is 0 Å². The molecule has 0 aliphatic carbocycles. The van der Waals surface area contributed by atoms with E-state index in [4.69, 9.17) is 14.5 Å². The van der Waals surface area contributed by atoms with Crippen LogP contribution in [0.5, 0.6) is 11.5 Å². The van der Waals surface area contributed by atoms with Gasteiger partial charge in [0.1, 0.15) is 12.7 Å². The number of nitrogens with one attached hydrogen (secondary N) is 2. The first-order valence-electron chi connectivity index (χ1n) is 11.0. The summed E-state index contributed by atoms with van der Waals surface area (Å²) in [4.78, 5) is 8.89. The quantitative estimate of drug-likeness (QED) is 0.307. The van der Waals surface area contributed by atoms with Crippen LogP contribution in [0.25, 0.3) is 0 Å². The minimum absolute atomic E-state index is 0. The molecule has 0 saturated carbocycles. The minimum Gasteiger partial charge on any atom is -0.486 e. The van der Waals surface area contributed by atoms with Crippen molar-refractivity contribution < 1.29 is 9.47 Å². The van der Waals surface area contributed by atoms with Crippen molar-refractivity contribution in [2.24, 2.45) is 10.9 Å². The molecular formula is C23H33IN4O2S. The smallest absolute Gasteiger partial charge is 0.191 e. The molecule has 2 aliphatic heterocycles. The van der Waals surface area contributed by atoms with Gasteiger partial charge in [0.05, 0.1) is 6.54 Å². The van der Waals surface area contributed by atoms with Gasteiger partial charge in [-0.05, 0) is 55.8 Å². The van der Waals surface area contributed by atoms with Crippen LogP contribution in [0.3, 0.4) is 0 Å². The standard InChI is InChI=1S/C23H32N4O2S.HI/c1-2-24-23(26-14-19-17-28-21-9-3-4-10-22(21)29-19)25-13-18-7-5-11-27(15-18)16-20-8-6-12-30-20;/h3-4,6,8-10,12,18-19H,2,5,7,11,13-17H2,1H3,(H2,24,25,26);1H. The first-order chi connectivity index (χ1) is 14.8. The molecule has 0 spiro atoms. The lowest BCUT2D eigenvalue weighted by Gasteiger charge is -2.31. The van der Waals surface area contributed by atoms with Crippen LogP contribution >= 0.6 is 35.3 Å². The predicted molar refractivity (Wildman–Crippen MR) is 138 cm³/mol. The van der Waals surface area contributed by atoms with Crippen molar-refractivity contribution in [3.05, 3.63) is 46.7 Å². The zero-order chi connectivity index (χ0) is 20.6. The van der Waals surface area contributed by atoms with Crippen LogP contribution in [0.15, 0.2) is 46.8 Å². The Labute approximate surface area is 206 Å². The molecule has 2 unspecified atom stereocenters. The Morgan fingerprint density at radius 2 is 2.06 bits per heavy atom. The number of halogens is 1. The SMILES string of the molecule is CCNC(=NCC1CCCN(Cc2cccs2)C1)NCC1COc2ccccc2O1.I. The molecule has 31 heavy (non-hydrogen) atoms. The Morgan fingerprint density at radius 1 is 1.19 bits per heavy atom. The zero-order valence-electron chi connectivity index (χ0n) is 18.1. The van der Waals surface area contributed by atoms with Crippen LogP contribution in [0, 0.1) is 5.92 Å². The monoisotopic (exact) mass is 556 g/mol. The highest BCUT2D eigenvalue weighted by atomic mass is 127. The fourth-order valence-electron chi connectivity index (χ4n) is 4.00. The molecule has 1 saturated heterocycles. The second-order valence-corrected chi connectivity index (χ2v) is 8.95. The van der Waals surface area contributed by atoms with E-state index in [-0.39, 0.29) is 30.1 Å². The van der Waals surface area contributed by atoms with Crippen LogP contribution < -0.4 is 20.1 Å². The summed E-state index contributed by atoms with van der Waals surface area (Å²) < 4.78 is 11.9. The number of fused-ring (bicyclic) bond motifs is 1. The van der Waals surface area contributed by atoms with Gasteiger partial charge in [0.2, 0.25) is 0 Å². The number of aliphatic imine (C=N–C) groups is 1. The van der Waals surface area contributed by atoms with Crippen molar-refractivity contribution in [2.45, 2.75) is 32.4 Å². The van der Waals surface area contributed by atoms with Crippen molar-refractivity contribution in [2.75, 3.05) is 39.3 Å². The fraction of sp³-hybridized carbons (Fsp3) is 0.522. The summed E-state index contributed by atoms with van der Waals surface area (Å²) in [7, 11) is 0. The van der Waals surface area contributed by atoms with Gasteiger partial charge in [0, 0.05) is 31.1 Å². The molecule has 2 aliphatic rings. The maximum Gasteiger partial charge on any atom is 0.191 e. The summed E-state index contributed by atoms with van der Waals surface area (Å²) in [6.07, 6.45) is 2.47. The third-order valence-corrected chi connectivity index (χ3v) is 6.34. The number of rotatable bonds is 7. The van der Waals surface area contributed by atoms with Crippen molar-refractivity contribution in [3.63, 3.8) is 0 Å². The van der Waals surface area contributed by atoms with Gasteiger partial charge in [-0.1, -0.05) is 18.2 Å². The number of likely N-dealkylation sites (tertiary alicyclic amines) is 1. The van der Waals surface area contributed by atoms with Gasteiger partial charge >= 0.3 is 0 Å². The molecule has 3 heterocycles. The second-order valence-electron chi connectivity index (χ2n) is 7.92. The number of guanidine groups is 1. The predicted octanol–water partition coefficient (Wildman–Crippen LogP) is 3.97. The Kier molecular flexibility index (Phi) is 9.73. The van der Waals surface area contributed by atoms with Crippen LogP contribution in [0.2, 0.25) is 0 Å². The summed E-state index contributed by atoms with van der Waals surface area (Å²) in [5.41, 5.74) is 0. The summed E-state index contributed by atoms with van der Waals surface area (Å²) in [5.74, 6) is 3.09. The molecule has 0 radical (unpaired) electrons. The third kappa shape index (κ3) is 7.25. The van der Waals surface area contributed by atoms with E-state index < -0.39 is 0 Å². The topological polar surface area (TPSA) is 58.1 Å². The molecule has 2 N–H and O–H groups in total. The van der Waals surface area contributed by atoms with Gasteiger partial charge in [-0.3, -0.25) is 9.89 Å². The Morgan fingerprint density at radius 3 is 2.87 bits per heavy atom. The van der Waals surface area contributed by atoms with E-state index in [1.807, 2.05) is 35.6 Å². The molecule has 2 aromatic rings. The first kappa shape index (κ1) is 24.1. The van der Waals surface area contributed by atoms with Crippen LogP contribution in [-0.4, -0.2) is 56.3 Å². The molecule has 0 amide bonds. The molecule has 170 valence electrons. The second kappa shape index (κ2) is 12.5. The highest BCUT2D eigenvalue weighted by Gasteiger charge is 2.22. The molecular weight excluding hydrogens is 523 g/mol. The lowest BCUT2D eigenvalue weighted by atomic mass is 9.98. The molecule has 1 aromatic carbocycles. The van der Waals surface area contributed by atoms with E-state index in [2.05, 4.69) is 40.0 Å². The van der Waals surface area contributed by atoms with Crippen LogP contribution in [-0.2, 0) is 6.54 Å². The molecule has 0 bridgehead atoms. The maximum absolute atomic E-state index is 6.04. The van der Waals surface area contributed by atoms with Gasteiger partial charge in [-0.2, -0.15) is 0 Å². The van der Waals surface area contributed by atoms with Crippen LogP contribution in [0.4, 0.5) is 0 Å². The van der Waals surface area contributed by atoms with Crippen molar-refractivity contribution >= 4 is 41.3 Å². The van der Waals surface area contributed by atoms with E-state index >= 15 is 0 Å². The number of hydrogen-bond acceptors (Lipinski definition) is 5. The minimum atomic E-state index is -0.0280. The summed E-state index contributed by atoms with van der Waals surface area (Å²) >= 11 is 1.85. The molecule has 1 aromatic heterocycles. The van der Waals surface area contributed by atoms with E-state index in [1.54, 1.807) is 0 Å². The third-order valence-electron chi connectivity index (χ3n) is 5.48. The number of para-hydroxylation sites is 2. The molecule has 2 atom stereocenters. The van der Waals surface area contributed by atoms with Gasteiger partial charge in [-0.25, -0.2) is 0 Å². The molecule has 4 rings (SSSR count). The molecule has 1 fully saturated rings. The highest BCUT2D eigenvalue weighted by Crippen LogP contribution is 2.30. The molecule has 6 nitrogen and oxygen atoms in total. The summed E-state index contributed by atoms with van der Waals surface area (Å²) in [6, 6.07) is 12.2. The zero-order valence-corrected chi connectivity index (χ0v) is 21.2. The number of nitrogens with zero attached hydrogens (tertiary/aromatic N) is 2. The van der Waals surface area contributed by atoms with Crippen molar-refractivity contribution in [3.8, 4) is 11.5 Å². The average Bonchev–Trinajstić information content (AvgIpc) is 3.29. The maximum atomic E-state index is 6.04. The summed E-state index contributed by atoms with van der Waals surface area (Å²) in [6.45, 7) is 8.37. The number of hydrogen-bond donors (Lipinski definition) is 2. The average molecular weight is 557 g/mol. The van der Waals surface area contributed by atoms with Gasteiger partial charge in [-0.15, -0.1) is 35.3 Å². The normalized spacial score (nSPS) is 21.3. The number of benzene rings is 1. The number of thiophene rings is 1.